The Morgan fingerprint density at radius 2 is 1.55 bits per heavy atom. The maximum absolute atomic E-state index is 12.1. The van der Waals surface area contributed by atoms with Crippen LogP contribution in [0.15, 0.2) is 29.2 Å². The maximum Gasteiger partial charge on any atom is 0.410 e. The zero-order chi connectivity index (χ0) is 22.4. The Labute approximate surface area is 186 Å². The van der Waals surface area contributed by atoms with Crippen molar-refractivity contribution in [3.8, 4) is 5.75 Å². The minimum Gasteiger partial charge on any atom is -0.490 e. The summed E-state index contributed by atoms with van der Waals surface area (Å²) in [5, 5.41) is 0. The molecule has 1 amide bonds. The zero-order valence-corrected chi connectivity index (χ0v) is 19.6. The molecular formula is C23H35NO6S. The van der Waals surface area contributed by atoms with Crippen molar-refractivity contribution in [2.24, 2.45) is 0 Å². The molecule has 1 aliphatic heterocycles. The lowest BCUT2D eigenvalue weighted by atomic mass is 9.94. The topological polar surface area (TPSA) is 82.1 Å². The Hall–Kier alpha value is -1.80. The molecule has 2 fully saturated rings. The molecule has 1 heterocycles. The van der Waals surface area contributed by atoms with Gasteiger partial charge in [-0.3, -0.25) is 0 Å². The van der Waals surface area contributed by atoms with Crippen LogP contribution in [0.4, 0.5) is 4.79 Å². The number of hydrogen-bond acceptors (Lipinski definition) is 6. The normalized spacial score (nSPS) is 23.9. The highest BCUT2D eigenvalue weighted by Gasteiger charge is 2.29. The molecule has 1 saturated carbocycles. The third-order valence-electron chi connectivity index (χ3n) is 6.14. The number of benzene rings is 1. The number of rotatable bonds is 7. The van der Waals surface area contributed by atoms with Crippen LogP contribution in [0.1, 0.15) is 58.8 Å². The van der Waals surface area contributed by atoms with E-state index >= 15 is 0 Å². The summed E-state index contributed by atoms with van der Waals surface area (Å²) in [6.07, 6.45) is 7.73. The minimum absolute atomic E-state index is 0.0449. The predicted octanol–water partition coefficient (Wildman–Crippen LogP) is 4.20. The monoisotopic (exact) mass is 453 g/mol. The van der Waals surface area contributed by atoms with E-state index in [0.29, 0.717) is 23.7 Å². The highest BCUT2D eigenvalue weighted by atomic mass is 32.2. The SMILES string of the molecule is CC[C@@H](C)OC(=O)N1CCC(OC2CCC(Oc3ccc(S(C)(=O)=O)cc3)CC2)CC1. The van der Waals surface area contributed by atoms with Crippen LogP contribution in [0.25, 0.3) is 0 Å². The van der Waals surface area contributed by atoms with Crippen molar-refractivity contribution >= 4 is 15.9 Å². The van der Waals surface area contributed by atoms with Gasteiger partial charge in [0.2, 0.25) is 0 Å². The van der Waals surface area contributed by atoms with Crippen LogP contribution < -0.4 is 4.74 Å². The van der Waals surface area contributed by atoms with E-state index in [2.05, 4.69) is 0 Å². The van der Waals surface area contributed by atoms with Gasteiger partial charge in [-0.25, -0.2) is 13.2 Å². The van der Waals surface area contributed by atoms with Gasteiger partial charge in [-0.05, 0) is 76.1 Å². The number of carbonyl (C=O) groups excluding carboxylic acids is 1. The van der Waals surface area contributed by atoms with Crippen LogP contribution in [-0.2, 0) is 19.3 Å². The van der Waals surface area contributed by atoms with Crippen LogP contribution in [0, 0.1) is 0 Å². The van der Waals surface area contributed by atoms with E-state index in [0.717, 1.165) is 44.9 Å². The van der Waals surface area contributed by atoms with Gasteiger partial charge in [-0.2, -0.15) is 0 Å². The molecule has 31 heavy (non-hydrogen) atoms. The second-order valence-corrected chi connectivity index (χ2v) is 10.7. The summed E-state index contributed by atoms with van der Waals surface area (Å²) < 4.78 is 40.9. The summed E-state index contributed by atoms with van der Waals surface area (Å²) in [5.74, 6) is 0.702. The first-order valence-corrected chi connectivity index (χ1v) is 13.2. The van der Waals surface area contributed by atoms with E-state index in [-0.39, 0.29) is 30.5 Å². The zero-order valence-electron chi connectivity index (χ0n) is 18.8. The lowest BCUT2D eigenvalue weighted by molar-refractivity contribution is -0.0658. The van der Waals surface area contributed by atoms with Gasteiger partial charge in [0, 0.05) is 19.3 Å². The van der Waals surface area contributed by atoms with Crippen LogP contribution in [0.5, 0.6) is 5.75 Å². The molecule has 0 N–H and O–H groups in total. The molecular weight excluding hydrogens is 418 g/mol. The first-order chi connectivity index (χ1) is 14.7. The molecule has 0 spiro atoms. The summed E-state index contributed by atoms with van der Waals surface area (Å²) in [6.45, 7) is 5.29. The second kappa shape index (κ2) is 10.7. The second-order valence-electron chi connectivity index (χ2n) is 8.69. The highest BCUT2D eigenvalue weighted by molar-refractivity contribution is 7.90. The lowest BCUT2D eigenvalue weighted by Gasteiger charge is -2.36. The van der Waals surface area contributed by atoms with E-state index in [9.17, 15) is 13.2 Å². The fraction of sp³-hybridized carbons (Fsp3) is 0.696. The fourth-order valence-electron chi connectivity index (χ4n) is 4.02. The lowest BCUT2D eigenvalue weighted by Crippen LogP contribution is -2.43. The van der Waals surface area contributed by atoms with Crippen LogP contribution in [0.2, 0.25) is 0 Å². The van der Waals surface area contributed by atoms with E-state index in [4.69, 9.17) is 14.2 Å². The van der Waals surface area contributed by atoms with Gasteiger partial charge in [-0.15, -0.1) is 0 Å². The summed E-state index contributed by atoms with van der Waals surface area (Å²) >= 11 is 0. The average Bonchev–Trinajstić information content (AvgIpc) is 2.75. The van der Waals surface area contributed by atoms with Crippen molar-refractivity contribution in [1.29, 1.82) is 0 Å². The van der Waals surface area contributed by atoms with Crippen molar-refractivity contribution in [1.82, 2.24) is 4.90 Å². The van der Waals surface area contributed by atoms with Crippen molar-refractivity contribution in [2.45, 2.75) is 88.1 Å². The molecule has 1 atom stereocenters. The van der Waals surface area contributed by atoms with Crippen molar-refractivity contribution in [3.63, 3.8) is 0 Å². The quantitative estimate of drug-likeness (QED) is 0.615. The Bertz CT molecular complexity index is 809. The molecule has 8 heteroatoms. The van der Waals surface area contributed by atoms with E-state index in [1.165, 1.54) is 6.26 Å². The molecule has 0 bridgehead atoms. The first-order valence-electron chi connectivity index (χ1n) is 11.3. The van der Waals surface area contributed by atoms with Gasteiger partial charge in [0.05, 0.1) is 23.2 Å². The molecule has 174 valence electrons. The molecule has 1 aromatic carbocycles. The molecule has 0 aromatic heterocycles. The van der Waals surface area contributed by atoms with E-state index in [1.807, 2.05) is 13.8 Å². The number of hydrogen-bond donors (Lipinski definition) is 0. The molecule has 1 aliphatic carbocycles. The molecule has 1 aromatic rings. The van der Waals surface area contributed by atoms with Crippen molar-refractivity contribution < 1.29 is 27.4 Å². The molecule has 2 aliphatic rings. The summed E-state index contributed by atoms with van der Waals surface area (Å²) in [4.78, 5) is 14.2. The maximum atomic E-state index is 12.1. The number of likely N-dealkylation sites (tertiary alicyclic amines) is 1. The molecule has 1 saturated heterocycles. The van der Waals surface area contributed by atoms with Gasteiger partial charge < -0.3 is 19.1 Å². The smallest absolute Gasteiger partial charge is 0.410 e. The molecule has 7 nitrogen and oxygen atoms in total. The van der Waals surface area contributed by atoms with Crippen LogP contribution in [-0.4, -0.2) is 63.2 Å². The average molecular weight is 454 g/mol. The Morgan fingerprint density at radius 3 is 2.10 bits per heavy atom. The number of piperidine rings is 1. The fourth-order valence-corrected chi connectivity index (χ4v) is 4.65. The van der Waals surface area contributed by atoms with Gasteiger partial charge >= 0.3 is 6.09 Å². The Balaban J connectivity index is 1.37. The first kappa shape index (κ1) is 23.9. The number of amides is 1. The summed E-state index contributed by atoms with van der Waals surface area (Å²) in [7, 11) is -3.19. The number of carbonyl (C=O) groups is 1. The minimum atomic E-state index is -3.19. The summed E-state index contributed by atoms with van der Waals surface area (Å²) in [5.41, 5.74) is 0. The molecule has 0 unspecified atom stereocenters. The third kappa shape index (κ3) is 7.10. The van der Waals surface area contributed by atoms with Gasteiger partial charge in [0.1, 0.15) is 11.9 Å². The standard InChI is InChI=1S/C23H35NO6S/c1-4-17(2)28-23(25)24-15-13-21(14-16-24)30-19-7-5-18(6-8-19)29-20-9-11-22(12-10-20)31(3,26)27/h9-12,17-19,21H,4-8,13-16H2,1-3H3/t17-,18?,19?/m1/s1. The predicted molar refractivity (Wildman–Crippen MR) is 118 cm³/mol. The molecule has 3 rings (SSSR count). The van der Waals surface area contributed by atoms with E-state index in [1.54, 1.807) is 29.2 Å². The van der Waals surface area contributed by atoms with Crippen LogP contribution >= 0.6 is 0 Å². The van der Waals surface area contributed by atoms with Gasteiger partial charge in [0.15, 0.2) is 9.84 Å². The summed E-state index contributed by atoms with van der Waals surface area (Å²) in [6, 6.07) is 6.62. The number of nitrogens with zero attached hydrogens (tertiary/aromatic N) is 1. The number of sulfone groups is 1. The highest BCUT2D eigenvalue weighted by Crippen LogP contribution is 2.28. The Morgan fingerprint density at radius 1 is 1.00 bits per heavy atom. The van der Waals surface area contributed by atoms with E-state index < -0.39 is 9.84 Å². The van der Waals surface area contributed by atoms with Crippen molar-refractivity contribution in [3.05, 3.63) is 24.3 Å². The largest absolute Gasteiger partial charge is 0.490 e. The van der Waals surface area contributed by atoms with Gasteiger partial charge in [0.25, 0.3) is 0 Å². The number of ether oxygens (including phenoxy) is 3. The Kier molecular flexibility index (Phi) is 8.22. The van der Waals surface area contributed by atoms with Gasteiger partial charge in [-0.1, -0.05) is 6.92 Å². The third-order valence-corrected chi connectivity index (χ3v) is 7.27. The molecule has 0 radical (unpaired) electrons. The van der Waals surface area contributed by atoms with Crippen molar-refractivity contribution in [2.75, 3.05) is 19.3 Å². The van der Waals surface area contributed by atoms with Crippen LogP contribution in [0.3, 0.4) is 0 Å².